The molecule has 4 heterocycles. The van der Waals surface area contributed by atoms with Crippen LogP contribution in [0, 0.1) is 5.92 Å². The largest absolute Gasteiger partial charge is 0.456 e. The number of ether oxygens (including phenoxy) is 3. The minimum Gasteiger partial charge on any atom is -0.456 e. The van der Waals surface area contributed by atoms with E-state index in [-0.39, 0.29) is 30.8 Å². The van der Waals surface area contributed by atoms with Crippen LogP contribution in [-0.2, 0) is 9.47 Å². The predicted octanol–water partition coefficient (Wildman–Crippen LogP) is 4.63. The van der Waals surface area contributed by atoms with E-state index in [9.17, 15) is 5.11 Å². The Morgan fingerprint density at radius 1 is 0.971 bits per heavy atom. The molecule has 1 aliphatic carbocycles. The SMILES string of the molecule is O[C@@]1(C2CC2)CO[C@@H]2[C@H](Oc3nc4nc(-c5ccc(-c6ccccc6)cc5)c(Cl)cc4[nH]3)CO[C@@H]21. The van der Waals surface area contributed by atoms with Crippen molar-refractivity contribution in [2.75, 3.05) is 13.2 Å². The molecule has 7 nitrogen and oxygen atoms in total. The summed E-state index contributed by atoms with van der Waals surface area (Å²) in [7, 11) is 0. The van der Waals surface area contributed by atoms with E-state index in [1.54, 1.807) is 0 Å². The highest BCUT2D eigenvalue weighted by molar-refractivity contribution is 6.33. The van der Waals surface area contributed by atoms with E-state index < -0.39 is 5.60 Å². The molecule has 3 aliphatic rings. The Kier molecular flexibility index (Phi) is 4.89. The zero-order valence-corrected chi connectivity index (χ0v) is 19.6. The Hall–Kier alpha value is -2.97. The summed E-state index contributed by atoms with van der Waals surface area (Å²) in [5.41, 5.74) is 4.15. The van der Waals surface area contributed by atoms with Crippen LogP contribution < -0.4 is 4.74 Å². The first-order valence-corrected chi connectivity index (χ1v) is 12.3. The van der Waals surface area contributed by atoms with Crippen LogP contribution in [0.2, 0.25) is 5.02 Å². The van der Waals surface area contributed by atoms with Gasteiger partial charge in [0.05, 0.1) is 29.4 Å². The zero-order valence-electron chi connectivity index (χ0n) is 18.9. The van der Waals surface area contributed by atoms with E-state index in [2.05, 4.69) is 34.2 Å². The maximum atomic E-state index is 11.0. The van der Waals surface area contributed by atoms with Gasteiger partial charge in [0.15, 0.2) is 11.8 Å². The summed E-state index contributed by atoms with van der Waals surface area (Å²) in [6, 6.07) is 20.5. The second-order valence-corrected chi connectivity index (χ2v) is 10.0. The monoisotopic (exact) mass is 489 g/mol. The molecule has 0 radical (unpaired) electrons. The topological polar surface area (TPSA) is 89.5 Å². The normalized spacial score (nSPS) is 27.9. The smallest absolute Gasteiger partial charge is 0.296 e. The first-order chi connectivity index (χ1) is 17.1. The highest BCUT2D eigenvalue weighted by Gasteiger charge is 2.62. The van der Waals surface area contributed by atoms with Crippen LogP contribution in [0.4, 0.5) is 0 Å². The van der Waals surface area contributed by atoms with Gasteiger partial charge in [0.2, 0.25) is 0 Å². The standard InChI is InChI=1S/C27H24ClN3O4/c28-19-12-20-25(30-22(19)17-8-6-16(7-9-17)15-4-2-1-3-5-15)31-26(29-20)35-21-13-33-24-23(21)34-14-27(24,32)18-10-11-18/h1-9,12,18,21,23-24,32H,10-11,13-14H2,(H,29,30,31)/t21-,23-,24+,27-/m1/s1. The first kappa shape index (κ1) is 21.3. The van der Waals surface area contributed by atoms with Gasteiger partial charge in [0.25, 0.3) is 6.01 Å². The molecule has 2 aromatic heterocycles. The highest BCUT2D eigenvalue weighted by Crippen LogP contribution is 2.49. The number of benzene rings is 2. The average molecular weight is 490 g/mol. The molecule has 0 spiro atoms. The van der Waals surface area contributed by atoms with Gasteiger partial charge >= 0.3 is 0 Å². The minimum absolute atomic E-state index is 0.258. The minimum atomic E-state index is -0.906. The van der Waals surface area contributed by atoms with Crippen molar-refractivity contribution in [1.82, 2.24) is 15.0 Å². The molecule has 0 bridgehead atoms. The molecule has 2 aromatic carbocycles. The fraction of sp³-hybridized carbons (Fsp3) is 0.333. The molecule has 178 valence electrons. The van der Waals surface area contributed by atoms with Crippen molar-refractivity contribution >= 4 is 22.8 Å². The quantitative estimate of drug-likeness (QED) is 0.425. The molecule has 3 fully saturated rings. The molecule has 2 N–H and O–H groups in total. The number of aromatic nitrogens is 3. The van der Waals surface area contributed by atoms with Crippen molar-refractivity contribution in [3.8, 4) is 28.4 Å². The summed E-state index contributed by atoms with van der Waals surface area (Å²) in [4.78, 5) is 12.4. The number of aliphatic hydroxyl groups is 1. The number of hydrogen-bond acceptors (Lipinski definition) is 6. The van der Waals surface area contributed by atoms with Gasteiger partial charge in [-0.25, -0.2) is 4.98 Å². The van der Waals surface area contributed by atoms with E-state index in [4.69, 9.17) is 30.8 Å². The number of nitrogens with zero attached hydrogens (tertiary/aromatic N) is 2. The number of imidazole rings is 1. The maximum Gasteiger partial charge on any atom is 0.296 e. The number of pyridine rings is 1. The average Bonchev–Trinajstić information content (AvgIpc) is 3.44. The van der Waals surface area contributed by atoms with Crippen LogP contribution >= 0.6 is 11.6 Å². The van der Waals surface area contributed by atoms with Crippen LogP contribution in [0.15, 0.2) is 60.7 Å². The summed E-state index contributed by atoms with van der Waals surface area (Å²) in [6.07, 6.45) is 1.01. The fourth-order valence-corrected chi connectivity index (χ4v) is 5.56. The predicted molar refractivity (Wildman–Crippen MR) is 131 cm³/mol. The number of hydrogen-bond donors (Lipinski definition) is 2. The fourth-order valence-electron chi connectivity index (χ4n) is 5.30. The lowest BCUT2D eigenvalue weighted by Gasteiger charge is -2.26. The van der Waals surface area contributed by atoms with E-state index >= 15 is 0 Å². The van der Waals surface area contributed by atoms with Crippen molar-refractivity contribution < 1.29 is 19.3 Å². The van der Waals surface area contributed by atoms with Crippen molar-refractivity contribution in [2.24, 2.45) is 5.92 Å². The Bertz CT molecular complexity index is 1390. The van der Waals surface area contributed by atoms with Gasteiger partial charge < -0.3 is 24.3 Å². The van der Waals surface area contributed by atoms with Gasteiger partial charge in [-0.1, -0.05) is 66.2 Å². The van der Waals surface area contributed by atoms with Crippen molar-refractivity contribution in [3.05, 3.63) is 65.7 Å². The Labute approximate surface area is 207 Å². The molecule has 2 saturated heterocycles. The number of halogens is 1. The summed E-state index contributed by atoms with van der Waals surface area (Å²) in [5, 5.41) is 11.5. The summed E-state index contributed by atoms with van der Waals surface area (Å²) >= 11 is 6.60. The van der Waals surface area contributed by atoms with Crippen LogP contribution in [-0.4, -0.2) is 57.2 Å². The zero-order chi connectivity index (χ0) is 23.6. The van der Waals surface area contributed by atoms with E-state index in [1.807, 2.05) is 36.4 Å². The third kappa shape index (κ3) is 3.62. The van der Waals surface area contributed by atoms with E-state index in [0.717, 1.165) is 29.5 Å². The summed E-state index contributed by atoms with van der Waals surface area (Å²) in [5.74, 6) is 0.258. The third-order valence-corrected chi connectivity index (χ3v) is 7.61. The van der Waals surface area contributed by atoms with Gasteiger partial charge in [0, 0.05) is 5.56 Å². The van der Waals surface area contributed by atoms with Gasteiger partial charge in [-0.05, 0) is 36.0 Å². The van der Waals surface area contributed by atoms with Gasteiger partial charge in [0.1, 0.15) is 17.8 Å². The molecule has 35 heavy (non-hydrogen) atoms. The number of aromatic amines is 1. The van der Waals surface area contributed by atoms with Gasteiger partial charge in [-0.2, -0.15) is 4.98 Å². The summed E-state index contributed by atoms with van der Waals surface area (Å²) in [6.45, 7) is 0.630. The Morgan fingerprint density at radius 3 is 2.49 bits per heavy atom. The molecule has 1 saturated carbocycles. The van der Waals surface area contributed by atoms with Gasteiger partial charge in [-0.3, -0.25) is 0 Å². The molecular weight excluding hydrogens is 466 g/mol. The molecule has 0 amide bonds. The first-order valence-electron chi connectivity index (χ1n) is 11.9. The van der Waals surface area contributed by atoms with Gasteiger partial charge in [-0.15, -0.1) is 0 Å². The second kappa shape index (κ2) is 8.03. The highest BCUT2D eigenvalue weighted by atomic mass is 35.5. The number of rotatable bonds is 5. The van der Waals surface area contributed by atoms with Crippen LogP contribution in [0.25, 0.3) is 33.5 Å². The van der Waals surface area contributed by atoms with Crippen LogP contribution in [0.3, 0.4) is 0 Å². The third-order valence-electron chi connectivity index (χ3n) is 7.32. The number of fused-ring (bicyclic) bond motifs is 2. The van der Waals surface area contributed by atoms with Crippen molar-refractivity contribution in [1.29, 1.82) is 0 Å². The Morgan fingerprint density at radius 2 is 1.71 bits per heavy atom. The van der Waals surface area contributed by atoms with E-state index in [1.165, 1.54) is 0 Å². The number of nitrogens with one attached hydrogen (secondary N) is 1. The molecule has 2 aliphatic heterocycles. The molecule has 8 heteroatoms. The summed E-state index contributed by atoms with van der Waals surface area (Å²) < 4.78 is 17.9. The van der Waals surface area contributed by atoms with Crippen molar-refractivity contribution in [2.45, 2.75) is 36.8 Å². The molecule has 4 aromatic rings. The second-order valence-electron chi connectivity index (χ2n) is 9.63. The molecule has 7 rings (SSSR count). The van der Waals surface area contributed by atoms with Crippen LogP contribution in [0.1, 0.15) is 12.8 Å². The maximum absolute atomic E-state index is 11.0. The molecule has 4 atom stereocenters. The lowest BCUT2D eigenvalue weighted by Crippen LogP contribution is -2.46. The molecule has 0 unspecified atom stereocenters. The van der Waals surface area contributed by atoms with E-state index in [0.29, 0.717) is 34.5 Å². The number of H-pyrrole nitrogens is 1. The molecular formula is C27H24ClN3O4. The Balaban J connectivity index is 1.12. The lowest BCUT2D eigenvalue weighted by atomic mass is 9.91. The lowest BCUT2D eigenvalue weighted by molar-refractivity contribution is -0.0821. The van der Waals surface area contributed by atoms with Crippen LogP contribution in [0.5, 0.6) is 6.01 Å². The van der Waals surface area contributed by atoms with Crippen molar-refractivity contribution in [3.63, 3.8) is 0 Å².